The first kappa shape index (κ1) is 22.2. The third-order valence-corrected chi connectivity index (χ3v) is 6.94. The average Bonchev–Trinajstić information content (AvgIpc) is 3.58. The van der Waals surface area contributed by atoms with Crippen LogP contribution >= 0.6 is 0 Å². The molecule has 2 aliphatic heterocycles. The highest BCUT2D eigenvalue weighted by Crippen LogP contribution is 2.36. The van der Waals surface area contributed by atoms with E-state index in [2.05, 4.69) is 33.2 Å². The van der Waals surface area contributed by atoms with Crippen molar-refractivity contribution in [2.75, 3.05) is 36.1 Å². The van der Waals surface area contributed by atoms with Gasteiger partial charge < -0.3 is 14.5 Å². The molecule has 0 spiro atoms. The summed E-state index contributed by atoms with van der Waals surface area (Å²) in [5.74, 6) is 1.54. The number of nitriles is 1. The van der Waals surface area contributed by atoms with Crippen LogP contribution in [-0.2, 0) is 9.53 Å². The fraction of sp³-hybridized carbons (Fsp3) is 0.346. The van der Waals surface area contributed by atoms with Crippen molar-refractivity contribution in [3.63, 3.8) is 0 Å². The Labute approximate surface area is 208 Å². The minimum absolute atomic E-state index is 0.105. The molecule has 182 valence electrons. The van der Waals surface area contributed by atoms with Crippen LogP contribution in [0.3, 0.4) is 0 Å². The normalized spacial score (nSPS) is 18.6. The zero-order valence-electron chi connectivity index (χ0n) is 20.0. The summed E-state index contributed by atoms with van der Waals surface area (Å²) in [4.78, 5) is 21.5. The Morgan fingerprint density at radius 3 is 2.83 bits per heavy atom. The third kappa shape index (κ3) is 3.78. The van der Waals surface area contributed by atoms with Gasteiger partial charge in [0.25, 0.3) is 0 Å². The molecule has 4 aromatic rings. The second-order valence-electron chi connectivity index (χ2n) is 9.22. The predicted octanol–water partition coefficient (Wildman–Crippen LogP) is 3.42. The van der Waals surface area contributed by atoms with Crippen LogP contribution in [0.4, 0.5) is 11.5 Å². The summed E-state index contributed by atoms with van der Waals surface area (Å²) in [6, 6.07) is 12.1. The van der Waals surface area contributed by atoms with Gasteiger partial charge in [0.15, 0.2) is 11.5 Å². The molecule has 1 atom stereocenters. The van der Waals surface area contributed by atoms with E-state index >= 15 is 0 Å². The molecule has 0 saturated carbocycles. The fourth-order valence-electron chi connectivity index (χ4n) is 5.07. The minimum atomic E-state index is 0.105. The Hall–Kier alpha value is -4.23. The molecule has 10 nitrogen and oxygen atoms in total. The summed E-state index contributed by atoms with van der Waals surface area (Å²) in [5.41, 5.74) is 3.57. The monoisotopic (exact) mass is 482 g/mol. The molecule has 2 fully saturated rings. The lowest BCUT2D eigenvalue weighted by molar-refractivity contribution is -0.119. The third-order valence-electron chi connectivity index (χ3n) is 6.94. The zero-order valence-corrected chi connectivity index (χ0v) is 20.0. The van der Waals surface area contributed by atoms with Gasteiger partial charge in [-0.05, 0) is 43.5 Å². The van der Waals surface area contributed by atoms with Crippen molar-refractivity contribution >= 4 is 28.4 Å². The molecule has 10 heteroatoms. The van der Waals surface area contributed by atoms with E-state index in [0.717, 1.165) is 47.4 Å². The molecule has 0 aliphatic carbocycles. The number of hydrogen-bond acceptors (Lipinski definition) is 7. The van der Waals surface area contributed by atoms with Crippen LogP contribution in [0.2, 0.25) is 0 Å². The first-order valence-corrected chi connectivity index (χ1v) is 12.2. The van der Waals surface area contributed by atoms with Crippen molar-refractivity contribution in [3.8, 4) is 23.0 Å². The number of nitrogens with one attached hydrogen (secondary N) is 1. The summed E-state index contributed by atoms with van der Waals surface area (Å²) < 4.78 is 7.35. The molecular formula is C26H26N8O2. The summed E-state index contributed by atoms with van der Waals surface area (Å²) in [6.45, 7) is 4.76. The maximum atomic E-state index is 12.5. The second-order valence-corrected chi connectivity index (χ2v) is 9.22. The smallest absolute Gasteiger partial charge is 0.226 e. The number of anilines is 2. The second kappa shape index (κ2) is 9.09. The summed E-state index contributed by atoms with van der Waals surface area (Å²) in [5, 5.41) is 22.6. The number of carbonyl (C=O) groups excluding carboxylic acids is 1. The standard InChI is InChI=1S/C26H26N8O2/c1-17-16-36-11-10-32(17)24-13-21(22-15-29-34(26(22)30-24)23-7-8-28-31-23)20-6-5-19(12-18(20)14-27)33-9-3-2-4-25(33)35/h5-8,12-13,15,17H,2-4,9-11,16H2,1H3,(H,28,31)/t17-/m1/s1. The van der Waals surface area contributed by atoms with Crippen LogP contribution in [0.15, 0.2) is 42.7 Å². The number of carbonyl (C=O) groups is 1. The molecule has 6 rings (SSSR count). The number of nitrogens with zero attached hydrogens (tertiary/aromatic N) is 7. The van der Waals surface area contributed by atoms with E-state index in [1.807, 2.05) is 30.3 Å². The van der Waals surface area contributed by atoms with Crippen molar-refractivity contribution in [2.24, 2.45) is 0 Å². The van der Waals surface area contributed by atoms with Crippen molar-refractivity contribution in [1.82, 2.24) is 25.0 Å². The van der Waals surface area contributed by atoms with Gasteiger partial charge in [0, 0.05) is 48.4 Å². The first-order valence-electron chi connectivity index (χ1n) is 12.2. The molecular weight excluding hydrogens is 456 g/mol. The summed E-state index contributed by atoms with van der Waals surface area (Å²) in [7, 11) is 0. The molecule has 3 aromatic heterocycles. The molecule has 0 bridgehead atoms. The Kier molecular flexibility index (Phi) is 5.62. The van der Waals surface area contributed by atoms with Crippen LogP contribution in [0, 0.1) is 11.3 Å². The van der Waals surface area contributed by atoms with Gasteiger partial charge in [0.2, 0.25) is 5.91 Å². The number of morpholine rings is 1. The lowest BCUT2D eigenvalue weighted by Gasteiger charge is -2.34. The van der Waals surface area contributed by atoms with Crippen LogP contribution in [0.1, 0.15) is 31.7 Å². The number of hydrogen-bond donors (Lipinski definition) is 1. The highest BCUT2D eigenvalue weighted by atomic mass is 16.5. The predicted molar refractivity (Wildman–Crippen MR) is 135 cm³/mol. The number of aromatic amines is 1. The Bertz CT molecular complexity index is 1470. The number of aromatic nitrogens is 5. The van der Waals surface area contributed by atoms with E-state index in [1.165, 1.54) is 0 Å². The number of piperidine rings is 1. The van der Waals surface area contributed by atoms with Crippen molar-refractivity contribution in [3.05, 3.63) is 48.3 Å². The first-order chi connectivity index (χ1) is 17.6. The molecule has 2 aliphatic rings. The van der Waals surface area contributed by atoms with E-state index in [9.17, 15) is 10.1 Å². The van der Waals surface area contributed by atoms with E-state index in [4.69, 9.17) is 9.72 Å². The molecule has 1 amide bonds. The average molecular weight is 483 g/mol. The summed E-state index contributed by atoms with van der Waals surface area (Å²) in [6.07, 6.45) is 5.93. The van der Waals surface area contributed by atoms with Gasteiger partial charge in [0.1, 0.15) is 5.82 Å². The lowest BCUT2D eigenvalue weighted by Crippen LogP contribution is -2.44. The maximum absolute atomic E-state index is 12.5. The molecule has 5 heterocycles. The van der Waals surface area contributed by atoms with Gasteiger partial charge in [-0.15, -0.1) is 0 Å². The lowest BCUT2D eigenvalue weighted by atomic mass is 9.97. The molecule has 1 N–H and O–H groups in total. The number of H-pyrrole nitrogens is 1. The van der Waals surface area contributed by atoms with Crippen molar-refractivity contribution in [1.29, 1.82) is 5.26 Å². The molecule has 0 radical (unpaired) electrons. The highest BCUT2D eigenvalue weighted by molar-refractivity contribution is 5.98. The fourth-order valence-corrected chi connectivity index (χ4v) is 5.07. The van der Waals surface area contributed by atoms with Crippen LogP contribution in [-0.4, -0.2) is 63.2 Å². The molecule has 36 heavy (non-hydrogen) atoms. The van der Waals surface area contributed by atoms with E-state index in [1.54, 1.807) is 22.0 Å². The van der Waals surface area contributed by atoms with Gasteiger partial charge in [-0.1, -0.05) is 6.07 Å². The van der Waals surface area contributed by atoms with Crippen molar-refractivity contribution in [2.45, 2.75) is 32.2 Å². The number of pyridine rings is 1. The maximum Gasteiger partial charge on any atom is 0.226 e. The van der Waals surface area contributed by atoms with Crippen LogP contribution in [0.25, 0.3) is 28.0 Å². The summed E-state index contributed by atoms with van der Waals surface area (Å²) >= 11 is 0. The number of benzene rings is 1. The van der Waals surface area contributed by atoms with Crippen LogP contribution < -0.4 is 9.80 Å². The van der Waals surface area contributed by atoms with Crippen molar-refractivity contribution < 1.29 is 9.53 Å². The van der Waals surface area contributed by atoms with E-state index in [0.29, 0.717) is 43.2 Å². The van der Waals surface area contributed by atoms with Gasteiger partial charge in [-0.2, -0.15) is 20.1 Å². The van der Waals surface area contributed by atoms with Gasteiger partial charge in [0.05, 0.1) is 37.1 Å². The topological polar surface area (TPSA) is 116 Å². The number of ether oxygens (including phenoxy) is 1. The van der Waals surface area contributed by atoms with Crippen LogP contribution in [0.5, 0.6) is 0 Å². The van der Waals surface area contributed by atoms with E-state index < -0.39 is 0 Å². The van der Waals surface area contributed by atoms with Gasteiger partial charge in [-0.3, -0.25) is 9.89 Å². The Morgan fingerprint density at radius 2 is 2.06 bits per heavy atom. The number of fused-ring (bicyclic) bond motifs is 1. The molecule has 1 aromatic carbocycles. The Balaban J connectivity index is 1.52. The van der Waals surface area contributed by atoms with Gasteiger partial charge in [-0.25, -0.2) is 4.98 Å². The molecule has 0 unspecified atom stereocenters. The quantitative estimate of drug-likeness (QED) is 0.474. The number of rotatable bonds is 4. The van der Waals surface area contributed by atoms with Gasteiger partial charge >= 0.3 is 0 Å². The highest BCUT2D eigenvalue weighted by Gasteiger charge is 2.25. The molecule has 2 saturated heterocycles. The largest absolute Gasteiger partial charge is 0.377 e. The minimum Gasteiger partial charge on any atom is -0.377 e. The Morgan fingerprint density at radius 1 is 1.14 bits per heavy atom. The zero-order chi connectivity index (χ0) is 24.6. The number of amides is 1. The SMILES string of the molecule is C[C@@H]1COCCN1c1cc(-c2ccc(N3CCCCC3=O)cc2C#N)c2cnn(-c3cc[nH]n3)c2n1. The van der Waals surface area contributed by atoms with E-state index in [-0.39, 0.29) is 11.9 Å².